The van der Waals surface area contributed by atoms with Crippen molar-refractivity contribution in [3.05, 3.63) is 52.3 Å². The van der Waals surface area contributed by atoms with Gasteiger partial charge in [0.05, 0.1) is 0 Å². The SMILES string of the molecule is C[C@@H](Nc1nc(-c2noc(=O)[nH]2)nc2nc(C(O)(c3ccccc3)C(F)(F)F)n(CC3CCCCC3)c12)C1CCC1. The number of nitrogens with one attached hydrogen (secondary N) is 2. The number of H-pyrrole nitrogens is 1. The van der Waals surface area contributed by atoms with Gasteiger partial charge in [-0.3, -0.25) is 9.51 Å². The van der Waals surface area contributed by atoms with Crippen LogP contribution in [-0.2, 0) is 12.1 Å². The van der Waals surface area contributed by atoms with Gasteiger partial charge in [-0.2, -0.15) is 13.2 Å². The third-order valence-electron chi connectivity index (χ3n) is 8.57. The fraction of sp³-hybridized carbons (Fsp3) is 0.536. The molecule has 218 valence electrons. The number of anilines is 1. The lowest BCUT2D eigenvalue weighted by atomic mass is 9.80. The van der Waals surface area contributed by atoms with E-state index in [1.54, 1.807) is 6.07 Å². The summed E-state index contributed by atoms with van der Waals surface area (Å²) in [6.45, 7) is 2.22. The molecule has 2 saturated carbocycles. The van der Waals surface area contributed by atoms with Gasteiger partial charge in [0.25, 0.3) is 0 Å². The van der Waals surface area contributed by atoms with Crippen LogP contribution in [0, 0.1) is 11.8 Å². The molecule has 13 heteroatoms. The Hall–Kier alpha value is -3.74. The number of hydrogen-bond donors (Lipinski definition) is 3. The minimum Gasteiger partial charge on any atom is -0.370 e. The largest absolute Gasteiger partial charge is 0.439 e. The first kappa shape index (κ1) is 27.4. The number of aromatic amines is 1. The molecule has 0 saturated heterocycles. The second-order valence-corrected chi connectivity index (χ2v) is 11.3. The summed E-state index contributed by atoms with van der Waals surface area (Å²) < 4.78 is 51.0. The molecule has 2 aliphatic carbocycles. The molecule has 2 atom stereocenters. The Balaban J connectivity index is 1.61. The van der Waals surface area contributed by atoms with E-state index in [-0.39, 0.29) is 52.7 Å². The van der Waals surface area contributed by atoms with E-state index in [2.05, 4.69) is 34.9 Å². The molecule has 0 radical (unpaired) electrons. The van der Waals surface area contributed by atoms with Crippen LogP contribution in [0.15, 0.2) is 39.6 Å². The minimum atomic E-state index is -5.10. The lowest BCUT2D eigenvalue weighted by molar-refractivity contribution is -0.252. The Morgan fingerprint density at radius 1 is 1.07 bits per heavy atom. The molecule has 6 rings (SSSR count). The fourth-order valence-corrected chi connectivity index (χ4v) is 6.02. The topological polar surface area (TPSA) is 135 Å². The highest BCUT2D eigenvalue weighted by molar-refractivity contribution is 5.86. The van der Waals surface area contributed by atoms with Gasteiger partial charge in [0.2, 0.25) is 17.2 Å². The van der Waals surface area contributed by atoms with Crippen molar-refractivity contribution >= 4 is 17.0 Å². The zero-order chi connectivity index (χ0) is 28.8. The Morgan fingerprint density at radius 3 is 2.41 bits per heavy atom. The van der Waals surface area contributed by atoms with E-state index in [1.807, 2.05) is 6.92 Å². The molecule has 2 fully saturated rings. The zero-order valence-electron chi connectivity index (χ0n) is 22.6. The number of rotatable bonds is 8. The van der Waals surface area contributed by atoms with E-state index in [0.29, 0.717) is 5.92 Å². The van der Waals surface area contributed by atoms with Gasteiger partial charge in [0.1, 0.15) is 5.52 Å². The van der Waals surface area contributed by atoms with Crippen LogP contribution >= 0.6 is 0 Å². The van der Waals surface area contributed by atoms with Crippen LogP contribution in [-0.4, -0.2) is 47.0 Å². The zero-order valence-corrected chi connectivity index (χ0v) is 22.6. The normalized spacial score (nSPS) is 19.1. The quantitative estimate of drug-likeness (QED) is 0.264. The Bertz CT molecular complexity index is 1570. The van der Waals surface area contributed by atoms with Crippen molar-refractivity contribution in [2.24, 2.45) is 11.8 Å². The fourth-order valence-electron chi connectivity index (χ4n) is 6.02. The molecule has 1 unspecified atom stereocenters. The van der Waals surface area contributed by atoms with E-state index in [1.165, 1.54) is 28.8 Å². The Morgan fingerprint density at radius 2 is 1.80 bits per heavy atom. The number of fused-ring (bicyclic) bond motifs is 1. The van der Waals surface area contributed by atoms with Crippen LogP contribution in [0.2, 0.25) is 0 Å². The molecule has 2 aliphatic rings. The third-order valence-corrected chi connectivity index (χ3v) is 8.57. The maximum Gasteiger partial charge on any atom is 0.439 e. The standard InChI is InChI=1S/C28H32F3N7O3/c1-16(18-11-8-12-18)32-21-20-22(34-23(33-21)24-36-26(39)41-37-24)35-25(38(20)15-17-9-4-2-5-10-17)27(40,28(29,30)31)19-13-6-3-7-14-19/h3,6-7,13-14,16-18,40H,2,4-5,8-12,15H2,1H3,(H,32,33,34)(H,36,37,39)/t16-,27?/m1/s1. The van der Waals surface area contributed by atoms with Gasteiger partial charge in [-0.15, -0.1) is 0 Å². The molecule has 3 N–H and O–H groups in total. The van der Waals surface area contributed by atoms with Crippen LogP contribution in [0.3, 0.4) is 0 Å². The molecule has 41 heavy (non-hydrogen) atoms. The highest BCUT2D eigenvalue weighted by atomic mass is 19.4. The summed E-state index contributed by atoms with van der Waals surface area (Å²) in [6.07, 6.45) is 2.84. The van der Waals surface area contributed by atoms with E-state index >= 15 is 0 Å². The maximum absolute atomic E-state index is 15.0. The third kappa shape index (κ3) is 5.00. The van der Waals surface area contributed by atoms with Crippen molar-refractivity contribution in [3.8, 4) is 11.6 Å². The Labute approximate surface area is 233 Å². The van der Waals surface area contributed by atoms with Crippen molar-refractivity contribution in [3.63, 3.8) is 0 Å². The molecular weight excluding hydrogens is 539 g/mol. The summed E-state index contributed by atoms with van der Waals surface area (Å²) in [4.78, 5) is 27.5. The van der Waals surface area contributed by atoms with E-state index < -0.39 is 23.4 Å². The van der Waals surface area contributed by atoms with Crippen molar-refractivity contribution in [2.75, 3.05) is 5.32 Å². The first-order valence-corrected chi connectivity index (χ1v) is 14.1. The molecule has 0 spiro atoms. The number of benzene rings is 1. The average molecular weight is 572 g/mol. The van der Waals surface area contributed by atoms with Crippen LogP contribution in [0.1, 0.15) is 69.7 Å². The molecule has 3 heterocycles. The van der Waals surface area contributed by atoms with Gasteiger partial charge >= 0.3 is 11.9 Å². The van der Waals surface area contributed by atoms with Crippen molar-refractivity contribution in [2.45, 2.75) is 82.7 Å². The van der Waals surface area contributed by atoms with Gasteiger partial charge in [-0.05, 0) is 44.4 Å². The first-order valence-electron chi connectivity index (χ1n) is 14.1. The first-order chi connectivity index (χ1) is 19.6. The van der Waals surface area contributed by atoms with Crippen molar-refractivity contribution < 1.29 is 22.8 Å². The number of alkyl halides is 3. The minimum absolute atomic E-state index is 0.0387. The summed E-state index contributed by atoms with van der Waals surface area (Å²) >= 11 is 0. The summed E-state index contributed by atoms with van der Waals surface area (Å²) in [6, 6.07) is 6.94. The van der Waals surface area contributed by atoms with Crippen LogP contribution in [0.5, 0.6) is 0 Å². The molecule has 0 amide bonds. The molecular formula is C28H32F3N7O3. The molecule has 0 bridgehead atoms. The number of nitrogens with zero attached hydrogens (tertiary/aromatic N) is 5. The smallest absolute Gasteiger partial charge is 0.370 e. The number of aromatic nitrogens is 6. The summed E-state index contributed by atoms with van der Waals surface area (Å²) in [5.41, 5.74) is -3.54. The van der Waals surface area contributed by atoms with E-state index in [4.69, 9.17) is 0 Å². The highest BCUT2D eigenvalue weighted by Gasteiger charge is 2.59. The average Bonchev–Trinajstić information content (AvgIpc) is 3.51. The van der Waals surface area contributed by atoms with Gasteiger partial charge in [-0.1, -0.05) is 61.2 Å². The predicted octanol–water partition coefficient (Wildman–Crippen LogP) is 5.15. The molecule has 0 aliphatic heterocycles. The molecule has 1 aromatic carbocycles. The summed E-state index contributed by atoms with van der Waals surface area (Å²) in [5, 5.41) is 18.7. The highest BCUT2D eigenvalue weighted by Crippen LogP contribution is 2.46. The number of imidazole rings is 1. The molecule has 4 aromatic rings. The Kier molecular flexibility index (Phi) is 7.08. The monoisotopic (exact) mass is 571 g/mol. The van der Waals surface area contributed by atoms with E-state index in [9.17, 15) is 23.1 Å². The van der Waals surface area contributed by atoms with E-state index in [0.717, 1.165) is 51.4 Å². The summed E-state index contributed by atoms with van der Waals surface area (Å²) in [5.74, 6) is -0.793. The predicted molar refractivity (Wildman–Crippen MR) is 144 cm³/mol. The number of aliphatic hydroxyl groups is 1. The maximum atomic E-state index is 15.0. The van der Waals surface area contributed by atoms with Crippen LogP contribution < -0.4 is 11.1 Å². The molecule has 10 nitrogen and oxygen atoms in total. The van der Waals surface area contributed by atoms with Gasteiger partial charge < -0.3 is 15.0 Å². The second kappa shape index (κ2) is 10.6. The van der Waals surface area contributed by atoms with Gasteiger partial charge in [0, 0.05) is 18.2 Å². The van der Waals surface area contributed by atoms with Crippen LogP contribution in [0.4, 0.5) is 19.0 Å². The number of halogens is 3. The molecule has 3 aromatic heterocycles. The van der Waals surface area contributed by atoms with Gasteiger partial charge in [-0.25, -0.2) is 19.7 Å². The summed E-state index contributed by atoms with van der Waals surface area (Å²) in [7, 11) is 0. The van der Waals surface area contributed by atoms with Crippen molar-refractivity contribution in [1.82, 2.24) is 29.7 Å². The number of hydrogen-bond acceptors (Lipinski definition) is 8. The lowest BCUT2D eigenvalue weighted by Crippen LogP contribution is -2.45. The van der Waals surface area contributed by atoms with Crippen LogP contribution in [0.25, 0.3) is 22.8 Å². The van der Waals surface area contributed by atoms with Crippen molar-refractivity contribution in [1.29, 1.82) is 0 Å². The second-order valence-electron chi connectivity index (χ2n) is 11.3. The lowest BCUT2D eigenvalue weighted by Gasteiger charge is -2.33. The van der Waals surface area contributed by atoms with Gasteiger partial charge in [0.15, 0.2) is 17.3 Å².